The highest BCUT2D eigenvalue weighted by Gasteiger charge is 2.24. The molecule has 0 unspecified atom stereocenters. The molecule has 1 N–H and O–H groups in total. The smallest absolute Gasteiger partial charge is 0.303 e. The van der Waals surface area contributed by atoms with Gasteiger partial charge in [-0.3, -0.25) is 4.79 Å². The minimum Gasteiger partial charge on any atom is -0.458 e. The fraction of sp³-hybridized carbons (Fsp3) is 0.429. The quantitative estimate of drug-likeness (QED) is 0.695. The minimum absolute atomic E-state index is 0.121. The molecule has 0 saturated carbocycles. The topological polar surface area (TPSA) is 64.3 Å². The van der Waals surface area contributed by atoms with Crippen molar-refractivity contribution in [3.05, 3.63) is 29.0 Å². The van der Waals surface area contributed by atoms with E-state index in [-0.39, 0.29) is 12.6 Å². The van der Waals surface area contributed by atoms with Crippen molar-refractivity contribution >= 4 is 28.6 Å². The van der Waals surface area contributed by atoms with Crippen LogP contribution in [-0.4, -0.2) is 26.2 Å². The molecule has 0 aliphatic carbocycles. The molecule has 0 saturated heterocycles. The van der Waals surface area contributed by atoms with Crippen molar-refractivity contribution in [3.8, 4) is 0 Å². The fourth-order valence-electron chi connectivity index (χ4n) is 2.27. The molecule has 20 heavy (non-hydrogen) atoms. The first-order chi connectivity index (χ1) is 9.32. The Labute approximate surface area is 122 Å². The highest BCUT2D eigenvalue weighted by molar-refractivity contribution is 6.29. The first-order valence-electron chi connectivity index (χ1n) is 6.27. The molecule has 2 heterocycles. The zero-order valence-electron chi connectivity index (χ0n) is 11.7. The van der Waals surface area contributed by atoms with E-state index in [1.54, 1.807) is 6.07 Å². The van der Waals surface area contributed by atoms with Crippen molar-refractivity contribution in [1.82, 2.24) is 9.55 Å². The third kappa shape index (κ3) is 3.11. The van der Waals surface area contributed by atoms with Crippen molar-refractivity contribution in [3.63, 3.8) is 0 Å². The molecule has 0 fully saturated rings. The molecule has 0 radical (unpaired) electrons. The molecule has 2 aromatic rings. The SMILES string of the molecule is CC(=O)OC(C)(C)Cn1c(CO)cc2ccc(Cl)nc21. The van der Waals surface area contributed by atoms with Crippen LogP contribution in [0.25, 0.3) is 11.0 Å². The predicted molar refractivity (Wildman–Crippen MR) is 76.5 cm³/mol. The maximum absolute atomic E-state index is 11.1. The molecular formula is C14H17ClN2O3. The number of hydrogen-bond acceptors (Lipinski definition) is 4. The van der Waals surface area contributed by atoms with Gasteiger partial charge in [0.25, 0.3) is 0 Å². The van der Waals surface area contributed by atoms with Gasteiger partial charge in [-0.25, -0.2) is 4.98 Å². The molecule has 2 aromatic heterocycles. The van der Waals surface area contributed by atoms with Crippen LogP contribution in [0.4, 0.5) is 0 Å². The summed E-state index contributed by atoms with van der Waals surface area (Å²) in [4.78, 5) is 15.4. The van der Waals surface area contributed by atoms with Crippen molar-refractivity contribution in [2.24, 2.45) is 0 Å². The first-order valence-corrected chi connectivity index (χ1v) is 6.65. The maximum atomic E-state index is 11.1. The van der Waals surface area contributed by atoms with Crippen molar-refractivity contribution in [2.45, 2.75) is 39.5 Å². The number of esters is 1. The molecule has 5 nitrogen and oxygen atoms in total. The van der Waals surface area contributed by atoms with E-state index in [9.17, 15) is 9.90 Å². The van der Waals surface area contributed by atoms with Crippen LogP contribution in [0.1, 0.15) is 26.5 Å². The van der Waals surface area contributed by atoms with Crippen LogP contribution >= 0.6 is 11.6 Å². The molecule has 0 spiro atoms. The van der Waals surface area contributed by atoms with Gasteiger partial charge in [0.05, 0.1) is 13.2 Å². The van der Waals surface area contributed by atoms with E-state index in [2.05, 4.69) is 4.98 Å². The van der Waals surface area contributed by atoms with Gasteiger partial charge in [-0.15, -0.1) is 0 Å². The van der Waals surface area contributed by atoms with Gasteiger partial charge >= 0.3 is 5.97 Å². The standard InChI is InChI=1S/C14H17ClN2O3/c1-9(19)20-14(2,3)8-17-11(7-18)6-10-4-5-12(15)16-13(10)17/h4-6,18H,7-8H2,1-3H3. The summed E-state index contributed by atoms with van der Waals surface area (Å²) in [5, 5.41) is 10.7. The Hall–Kier alpha value is -1.59. The fourth-order valence-corrected chi connectivity index (χ4v) is 2.41. The maximum Gasteiger partial charge on any atom is 0.303 e. The lowest BCUT2D eigenvalue weighted by Gasteiger charge is -2.26. The molecule has 0 aliphatic rings. The predicted octanol–water partition coefficient (Wildman–Crippen LogP) is 2.52. The number of aliphatic hydroxyl groups excluding tert-OH is 1. The van der Waals surface area contributed by atoms with E-state index in [1.807, 2.05) is 30.5 Å². The average molecular weight is 297 g/mol. The number of rotatable bonds is 4. The summed E-state index contributed by atoms with van der Waals surface area (Å²) in [6.07, 6.45) is 0. The van der Waals surface area contributed by atoms with Crippen LogP contribution in [0.15, 0.2) is 18.2 Å². The summed E-state index contributed by atoms with van der Waals surface area (Å²) in [5.74, 6) is -0.344. The van der Waals surface area contributed by atoms with E-state index < -0.39 is 5.60 Å². The summed E-state index contributed by atoms with van der Waals surface area (Å²) in [6.45, 7) is 5.26. The number of hydrogen-bond donors (Lipinski definition) is 1. The van der Waals surface area contributed by atoms with Gasteiger partial charge in [0.1, 0.15) is 16.4 Å². The molecule has 0 atom stereocenters. The number of halogens is 1. The monoisotopic (exact) mass is 296 g/mol. The van der Waals surface area contributed by atoms with Gasteiger partial charge in [-0.2, -0.15) is 0 Å². The summed E-state index contributed by atoms with van der Waals surface area (Å²) >= 11 is 5.93. The Bertz CT molecular complexity index is 649. The Balaban J connectivity index is 2.46. The Morgan fingerprint density at radius 2 is 2.20 bits per heavy atom. The second kappa shape index (κ2) is 5.42. The van der Waals surface area contributed by atoms with Gasteiger partial charge in [-0.1, -0.05) is 11.6 Å². The number of aliphatic hydroxyl groups is 1. The molecule has 6 heteroatoms. The second-order valence-corrected chi connectivity index (χ2v) is 5.67. The average Bonchev–Trinajstić information content (AvgIpc) is 2.65. The molecule has 0 amide bonds. The number of pyridine rings is 1. The highest BCUT2D eigenvalue weighted by atomic mass is 35.5. The summed E-state index contributed by atoms with van der Waals surface area (Å²) in [7, 11) is 0. The highest BCUT2D eigenvalue weighted by Crippen LogP contribution is 2.24. The van der Waals surface area contributed by atoms with Crippen LogP contribution in [0, 0.1) is 0 Å². The van der Waals surface area contributed by atoms with Crippen molar-refractivity contribution in [1.29, 1.82) is 0 Å². The summed E-state index contributed by atoms with van der Waals surface area (Å²) in [6, 6.07) is 5.40. The Morgan fingerprint density at radius 1 is 1.50 bits per heavy atom. The normalized spacial score (nSPS) is 11.8. The lowest BCUT2D eigenvalue weighted by molar-refractivity contribution is -0.154. The largest absolute Gasteiger partial charge is 0.458 e. The third-order valence-corrected chi connectivity index (χ3v) is 3.13. The first kappa shape index (κ1) is 14.8. The zero-order valence-corrected chi connectivity index (χ0v) is 12.4. The number of carbonyl (C=O) groups is 1. The van der Waals surface area contributed by atoms with E-state index in [0.717, 1.165) is 5.39 Å². The van der Waals surface area contributed by atoms with E-state index in [4.69, 9.17) is 16.3 Å². The van der Waals surface area contributed by atoms with Gasteiger partial charge in [-0.05, 0) is 32.0 Å². The lowest BCUT2D eigenvalue weighted by Crippen LogP contribution is -2.33. The van der Waals surface area contributed by atoms with Crippen molar-refractivity contribution in [2.75, 3.05) is 0 Å². The Kier molecular flexibility index (Phi) is 4.01. The van der Waals surface area contributed by atoms with E-state index >= 15 is 0 Å². The molecule has 108 valence electrons. The van der Waals surface area contributed by atoms with Gasteiger partial charge in [0.15, 0.2) is 0 Å². The molecule has 0 bridgehead atoms. The molecule has 0 aromatic carbocycles. The number of ether oxygens (including phenoxy) is 1. The number of carbonyl (C=O) groups excluding carboxylic acids is 1. The summed E-state index contributed by atoms with van der Waals surface area (Å²) < 4.78 is 7.11. The second-order valence-electron chi connectivity index (χ2n) is 5.28. The molecule has 2 rings (SSSR count). The van der Waals surface area contributed by atoms with Gasteiger partial charge in [0.2, 0.25) is 0 Å². The van der Waals surface area contributed by atoms with Crippen LogP contribution in [0.5, 0.6) is 0 Å². The van der Waals surface area contributed by atoms with Crippen LogP contribution in [0.2, 0.25) is 5.15 Å². The zero-order chi connectivity index (χ0) is 14.9. The number of nitrogens with zero attached hydrogens (tertiary/aromatic N) is 2. The lowest BCUT2D eigenvalue weighted by atomic mass is 10.1. The van der Waals surface area contributed by atoms with Crippen LogP contribution in [-0.2, 0) is 22.7 Å². The number of aromatic nitrogens is 2. The minimum atomic E-state index is -0.703. The van der Waals surface area contributed by atoms with E-state index in [0.29, 0.717) is 23.0 Å². The Morgan fingerprint density at radius 3 is 2.80 bits per heavy atom. The molecular weight excluding hydrogens is 280 g/mol. The molecule has 0 aliphatic heterocycles. The van der Waals surface area contributed by atoms with Gasteiger partial charge in [0, 0.05) is 18.0 Å². The van der Waals surface area contributed by atoms with Gasteiger partial charge < -0.3 is 14.4 Å². The van der Waals surface area contributed by atoms with Crippen molar-refractivity contribution < 1.29 is 14.6 Å². The number of fused-ring (bicyclic) bond motifs is 1. The van der Waals surface area contributed by atoms with Crippen LogP contribution in [0.3, 0.4) is 0 Å². The van der Waals surface area contributed by atoms with E-state index in [1.165, 1.54) is 6.92 Å². The van der Waals surface area contributed by atoms with Crippen LogP contribution < -0.4 is 0 Å². The summed E-state index contributed by atoms with van der Waals surface area (Å²) in [5.41, 5.74) is 0.669. The third-order valence-electron chi connectivity index (χ3n) is 2.92.